The molecule has 1 saturated heterocycles. The second-order valence-corrected chi connectivity index (χ2v) is 7.36. The number of nitrogens with zero attached hydrogens (tertiary/aromatic N) is 5. The third kappa shape index (κ3) is 3.22. The molecule has 1 aliphatic heterocycles. The van der Waals surface area contributed by atoms with Crippen LogP contribution in [0, 0.1) is 11.6 Å². The van der Waals surface area contributed by atoms with Crippen molar-refractivity contribution < 1.29 is 13.5 Å². The largest absolute Gasteiger partial charge is 0.497 e. The molecular weight excluding hydrogens is 402 g/mol. The third-order valence-electron chi connectivity index (χ3n) is 5.47. The smallest absolute Gasteiger partial charge is 0.228 e. The highest BCUT2D eigenvalue weighted by Crippen LogP contribution is 2.35. The number of nitrogen functional groups attached to an aromatic ring is 1. The van der Waals surface area contributed by atoms with Gasteiger partial charge in [-0.3, -0.25) is 0 Å². The number of hydrogen-bond acceptors (Lipinski definition) is 6. The number of aromatic nitrogens is 4. The summed E-state index contributed by atoms with van der Waals surface area (Å²) in [6.07, 6.45) is 2.04. The molecule has 9 heteroatoms. The molecule has 0 bridgehead atoms. The molecule has 158 valence electrons. The van der Waals surface area contributed by atoms with Crippen LogP contribution in [0.3, 0.4) is 0 Å². The van der Waals surface area contributed by atoms with Gasteiger partial charge in [-0.1, -0.05) is 6.07 Å². The van der Waals surface area contributed by atoms with Gasteiger partial charge in [-0.2, -0.15) is 4.98 Å². The number of anilines is 2. The van der Waals surface area contributed by atoms with Gasteiger partial charge in [-0.15, -0.1) is 5.10 Å². The molecule has 0 aliphatic carbocycles. The summed E-state index contributed by atoms with van der Waals surface area (Å²) in [6.45, 7) is 1.59. The summed E-state index contributed by atoms with van der Waals surface area (Å²) < 4.78 is 35.5. The lowest BCUT2D eigenvalue weighted by atomic mass is 10.1. The standard InChI is InChI=1S/C22H20F2N6O/c1-31-14-9-7-13(8-10-14)30-20(25)17-19(15-5-4-6-16(23)18(15)24)26-22(27-21(17)28-30)29-11-2-3-12-29/h4-10H,2-3,11-12,25H2,1H3. The second-order valence-electron chi connectivity index (χ2n) is 7.36. The molecule has 31 heavy (non-hydrogen) atoms. The molecule has 2 aromatic heterocycles. The summed E-state index contributed by atoms with van der Waals surface area (Å²) in [5, 5.41) is 4.94. The second kappa shape index (κ2) is 7.50. The van der Waals surface area contributed by atoms with Crippen molar-refractivity contribution in [1.82, 2.24) is 19.7 Å². The van der Waals surface area contributed by atoms with Gasteiger partial charge in [0.2, 0.25) is 5.95 Å². The maximum Gasteiger partial charge on any atom is 0.228 e. The molecule has 0 saturated carbocycles. The summed E-state index contributed by atoms with van der Waals surface area (Å²) in [5.41, 5.74) is 7.68. The molecule has 0 spiro atoms. The monoisotopic (exact) mass is 422 g/mol. The Kier molecular flexibility index (Phi) is 4.65. The fraction of sp³-hybridized carbons (Fsp3) is 0.227. The molecule has 0 radical (unpaired) electrons. The Morgan fingerprint density at radius 3 is 2.45 bits per heavy atom. The first-order valence-electron chi connectivity index (χ1n) is 9.97. The lowest BCUT2D eigenvalue weighted by Gasteiger charge is -2.16. The Morgan fingerprint density at radius 2 is 1.74 bits per heavy atom. The minimum atomic E-state index is -0.980. The van der Waals surface area contributed by atoms with Crippen molar-refractivity contribution in [2.24, 2.45) is 0 Å². The molecular formula is C22H20F2N6O. The zero-order chi connectivity index (χ0) is 21.5. The van der Waals surface area contributed by atoms with Gasteiger partial charge in [0.05, 0.1) is 23.9 Å². The highest BCUT2D eigenvalue weighted by Gasteiger charge is 2.24. The molecule has 5 rings (SSSR count). The molecule has 2 aromatic carbocycles. The van der Waals surface area contributed by atoms with E-state index in [1.165, 1.54) is 16.8 Å². The van der Waals surface area contributed by atoms with E-state index in [1.54, 1.807) is 31.4 Å². The zero-order valence-electron chi connectivity index (χ0n) is 16.8. The summed E-state index contributed by atoms with van der Waals surface area (Å²) in [6, 6.07) is 11.2. The van der Waals surface area contributed by atoms with Crippen LogP contribution in [0.5, 0.6) is 5.75 Å². The Hall–Kier alpha value is -3.75. The lowest BCUT2D eigenvalue weighted by molar-refractivity contribution is 0.414. The van der Waals surface area contributed by atoms with Crippen LogP contribution in [0.2, 0.25) is 0 Å². The van der Waals surface area contributed by atoms with Crippen molar-refractivity contribution in [1.29, 1.82) is 0 Å². The van der Waals surface area contributed by atoms with E-state index in [0.717, 1.165) is 32.0 Å². The third-order valence-corrected chi connectivity index (χ3v) is 5.47. The van der Waals surface area contributed by atoms with Crippen LogP contribution in [0.1, 0.15) is 12.8 Å². The SMILES string of the molecule is COc1ccc(-n2nc3nc(N4CCCC4)nc(-c4cccc(F)c4F)c3c2N)cc1. The Morgan fingerprint density at radius 1 is 1.00 bits per heavy atom. The van der Waals surface area contributed by atoms with Crippen molar-refractivity contribution in [3.05, 3.63) is 54.1 Å². The van der Waals surface area contributed by atoms with Gasteiger partial charge in [-0.05, 0) is 49.2 Å². The molecule has 1 aliphatic rings. The van der Waals surface area contributed by atoms with Gasteiger partial charge in [0.1, 0.15) is 11.6 Å². The number of hydrogen-bond donors (Lipinski definition) is 1. The normalized spacial score (nSPS) is 13.8. The minimum absolute atomic E-state index is 0.0221. The summed E-state index contributed by atoms with van der Waals surface area (Å²) >= 11 is 0. The molecule has 1 fully saturated rings. The van der Waals surface area contributed by atoms with E-state index in [9.17, 15) is 8.78 Å². The number of ether oxygens (including phenoxy) is 1. The molecule has 2 N–H and O–H groups in total. The van der Waals surface area contributed by atoms with E-state index >= 15 is 0 Å². The van der Waals surface area contributed by atoms with Crippen LogP contribution in [-0.4, -0.2) is 39.9 Å². The number of halogens is 2. The van der Waals surface area contributed by atoms with Crippen molar-refractivity contribution in [3.8, 4) is 22.7 Å². The maximum absolute atomic E-state index is 14.7. The van der Waals surface area contributed by atoms with Gasteiger partial charge < -0.3 is 15.4 Å². The fourth-order valence-corrected chi connectivity index (χ4v) is 3.86. The summed E-state index contributed by atoms with van der Waals surface area (Å²) in [7, 11) is 1.58. The number of nitrogens with two attached hydrogens (primary N) is 1. The summed E-state index contributed by atoms with van der Waals surface area (Å²) in [5.74, 6) is -0.563. The van der Waals surface area contributed by atoms with E-state index in [-0.39, 0.29) is 17.1 Å². The van der Waals surface area contributed by atoms with Gasteiger partial charge in [0.15, 0.2) is 17.3 Å². The predicted molar refractivity (Wildman–Crippen MR) is 114 cm³/mol. The number of fused-ring (bicyclic) bond motifs is 1. The quantitative estimate of drug-likeness (QED) is 0.536. The van der Waals surface area contributed by atoms with Crippen LogP contribution in [-0.2, 0) is 0 Å². The van der Waals surface area contributed by atoms with Gasteiger partial charge >= 0.3 is 0 Å². The van der Waals surface area contributed by atoms with Crippen molar-refractivity contribution in [2.75, 3.05) is 30.8 Å². The molecule has 4 aromatic rings. The summed E-state index contributed by atoms with van der Waals surface area (Å²) in [4.78, 5) is 11.2. The van der Waals surface area contributed by atoms with Crippen molar-refractivity contribution in [3.63, 3.8) is 0 Å². The van der Waals surface area contributed by atoms with Gasteiger partial charge in [0, 0.05) is 18.7 Å². The number of methoxy groups -OCH3 is 1. The predicted octanol–water partition coefficient (Wildman–Crippen LogP) is 3.95. The van der Waals surface area contributed by atoms with Crippen LogP contribution >= 0.6 is 0 Å². The zero-order valence-corrected chi connectivity index (χ0v) is 16.8. The highest BCUT2D eigenvalue weighted by molar-refractivity contribution is 5.99. The van der Waals surface area contributed by atoms with Crippen molar-refractivity contribution >= 4 is 22.8 Å². The number of benzene rings is 2. The van der Waals surface area contributed by atoms with Crippen molar-refractivity contribution in [2.45, 2.75) is 12.8 Å². The molecule has 7 nitrogen and oxygen atoms in total. The number of rotatable bonds is 4. The molecule has 3 heterocycles. The van der Waals surface area contributed by atoms with E-state index in [1.807, 2.05) is 4.90 Å². The van der Waals surface area contributed by atoms with E-state index in [4.69, 9.17) is 10.5 Å². The topological polar surface area (TPSA) is 82.1 Å². The van der Waals surface area contributed by atoms with Gasteiger partial charge in [0.25, 0.3) is 0 Å². The van der Waals surface area contributed by atoms with E-state index < -0.39 is 11.6 Å². The Balaban J connectivity index is 1.76. The minimum Gasteiger partial charge on any atom is -0.497 e. The average molecular weight is 422 g/mol. The van der Waals surface area contributed by atoms with E-state index in [0.29, 0.717) is 28.4 Å². The highest BCUT2D eigenvalue weighted by atomic mass is 19.2. The van der Waals surface area contributed by atoms with E-state index in [2.05, 4.69) is 15.1 Å². The lowest BCUT2D eigenvalue weighted by Crippen LogP contribution is -2.20. The fourth-order valence-electron chi connectivity index (χ4n) is 3.86. The Bertz CT molecular complexity index is 1270. The Labute approximate surface area is 177 Å². The first-order valence-corrected chi connectivity index (χ1v) is 9.97. The molecule has 0 amide bonds. The van der Waals surface area contributed by atoms with Crippen LogP contribution in [0.25, 0.3) is 28.0 Å². The van der Waals surface area contributed by atoms with Crippen LogP contribution < -0.4 is 15.4 Å². The average Bonchev–Trinajstić information content (AvgIpc) is 3.44. The maximum atomic E-state index is 14.7. The molecule has 0 atom stereocenters. The first kappa shape index (κ1) is 19.2. The van der Waals surface area contributed by atoms with Crippen LogP contribution in [0.15, 0.2) is 42.5 Å². The molecule has 0 unspecified atom stereocenters. The van der Waals surface area contributed by atoms with Gasteiger partial charge in [-0.25, -0.2) is 18.4 Å². The van der Waals surface area contributed by atoms with Crippen LogP contribution in [0.4, 0.5) is 20.5 Å². The first-order chi connectivity index (χ1) is 15.1.